The second kappa shape index (κ2) is 8.88. The van der Waals surface area contributed by atoms with Crippen molar-refractivity contribution < 1.29 is 24.3 Å². The predicted octanol–water partition coefficient (Wildman–Crippen LogP) is 3.75. The number of para-hydroxylation sites is 2. The summed E-state index contributed by atoms with van der Waals surface area (Å²) in [4.78, 5) is 41.1. The Kier molecular flexibility index (Phi) is 6.40. The number of urea groups is 2. The normalized spacial score (nSPS) is 17.3. The quantitative estimate of drug-likeness (QED) is 0.419. The minimum Gasteiger partial charge on any atom is -0.468 e. The molecule has 1 aliphatic heterocycles. The number of amides is 4. The molecule has 1 aliphatic rings. The highest BCUT2D eigenvalue weighted by Gasteiger charge is 2.56. The summed E-state index contributed by atoms with van der Waals surface area (Å²) in [6.45, 7) is 6.69. The van der Waals surface area contributed by atoms with Crippen molar-refractivity contribution in [2.45, 2.75) is 39.4 Å². The Balaban J connectivity index is 2.03. The van der Waals surface area contributed by atoms with Crippen molar-refractivity contribution in [3.8, 4) is 0 Å². The SMILES string of the molecule is COC(=O)CN1C(=O)N(c2ccccc2C)[C@H](N(O)C(=O)Nc2ccccc2C)C1(C)C. The smallest absolute Gasteiger partial charge is 0.347 e. The Morgan fingerprint density at radius 2 is 1.69 bits per heavy atom. The van der Waals surface area contributed by atoms with E-state index in [2.05, 4.69) is 5.32 Å². The second-order valence-corrected chi connectivity index (χ2v) is 8.22. The number of benzene rings is 2. The van der Waals surface area contributed by atoms with Crippen molar-refractivity contribution in [3.63, 3.8) is 0 Å². The van der Waals surface area contributed by atoms with Crippen molar-refractivity contribution in [3.05, 3.63) is 59.7 Å². The molecule has 32 heavy (non-hydrogen) atoms. The third kappa shape index (κ3) is 4.11. The van der Waals surface area contributed by atoms with Crippen LogP contribution in [0.1, 0.15) is 25.0 Å². The van der Waals surface area contributed by atoms with Crippen LogP contribution in [0.4, 0.5) is 21.0 Å². The van der Waals surface area contributed by atoms with E-state index in [9.17, 15) is 19.6 Å². The van der Waals surface area contributed by atoms with Crippen molar-refractivity contribution in [2.24, 2.45) is 0 Å². The number of ether oxygens (including phenoxy) is 1. The molecule has 1 heterocycles. The molecule has 0 aromatic heterocycles. The highest BCUT2D eigenvalue weighted by atomic mass is 16.5. The first kappa shape index (κ1) is 23.1. The van der Waals surface area contributed by atoms with Gasteiger partial charge in [-0.3, -0.25) is 14.9 Å². The molecule has 1 atom stereocenters. The molecule has 170 valence electrons. The van der Waals surface area contributed by atoms with Gasteiger partial charge in [0.1, 0.15) is 6.54 Å². The summed E-state index contributed by atoms with van der Waals surface area (Å²) in [6.07, 6.45) is -1.12. The molecule has 0 radical (unpaired) electrons. The number of aryl methyl sites for hydroxylation is 2. The summed E-state index contributed by atoms with van der Waals surface area (Å²) in [5, 5.41) is 14.2. The lowest BCUT2D eigenvalue weighted by atomic mass is 9.99. The summed E-state index contributed by atoms with van der Waals surface area (Å²) in [7, 11) is 1.24. The summed E-state index contributed by atoms with van der Waals surface area (Å²) >= 11 is 0. The van der Waals surface area contributed by atoms with Gasteiger partial charge in [0, 0.05) is 5.69 Å². The Morgan fingerprint density at radius 1 is 1.09 bits per heavy atom. The molecule has 0 saturated carbocycles. The zero-order valence-corrected chi connectivity index (χ0v) is 18.8. The van der Waals surface area contributed by atoms with Crippen LogP contribution in [0.25, 0.3) is 0 Å². The van der Waals surface area contributed by atoms with Gasteiger partial charge >= 0.3 is 18.0 Å². The fourth-order valence-corrected chi connectivity index (χ4v) is 3.88. The molecule has 1 saturated heterocycles. The lowest BCUT2D eigenvalue weighted by Crippen LogP contribution is -2.58. The predicted molar refractivity (Wildman–Crippen MR) is 119 cm³/mol. The number of rotatable bonds is 5. The van der Waals surface area contributed by atoms with Gasteiger partial charge in [-0.05, 0) is 51.0 Å². The number of hydrogen-bond acceptors (Lipinski definition) is 5. The van der Waals surface area contributed by atoms with Crippen LogP contribution < -0.4 is 10.2 Å². The lowest BCUT2D eigenvalue weighted by Gasteiger charge is -2.38. The zero-order chi connectivity index (χ0) is 23.6. The van der Waals surface area contributed by atoms with E-state index in [4.69, 9.17) is 4.74 Å². The van der Waals surface area contributed by atoms with Crippen LogP contribution in [-0.2, 0) is 9.53 Å². The van der Waals surface area contributed by atoms with Crippen LogP contribution in [0.3, 0.4) is 0 Å². The molecule has 0 bridgehead atoms. The van der Waals surface area contributed by atoms with E-state index in [0.29, 0.717) is 16.4 Å². The van der Waals surface area contributed by atoms with Crippen molar-refractivity contribution >= 4 is 29.4 Å². The van der Waals surface area contributed by atoms with Crippen LogP contribution in [-0.4, -0.2) is 58.6 Å². The molecule has 0 aliphatic carbocycles. The highest BCUT2D eigenvalue weighted by Crippen LogP contribution is 2.39. The van der Waals surface area contributed by atoms with Gasteiger partial charge in [-0.15, -0.1) is 0 Å². The summed E-state index contributed by atoms with van der Waals surface area (Å²) in [6, 6.07) is 13.0. The fourth-order valence-electron chi connectivity index (χ4n) is 3.88. The average molecular weight is 441 g/mol. The summed E-state index contributed by atoms with van der Waals surface area (Å²) in [5.41, 5.74) is 1.51. The fraction of sp³-hybridized carbons (Fsp3) is 0.348. The van der Waals surface area contributed by atoms with Crippen LogP contribution in [0.15, 0.2) is 48.5 Å². The monoisotopic (exact) mass is 440 g/mol. The van der Waals surface area contributed by atoms with Gasteiger partial charge in [-0.25, -0.2) is 9.59 Å². The molecule has 2 N–H and O–H groups in total. The number of nitrogens with one attached hydrogen (secondary N) is 1. The molecular formula is C23H28N4O5. The van der Waals surface area contributed by atoms with E-state index in [-0.39, 0.29) is 6.54 Å². The summed E-state index contributed by atoms with van der Waals surface area (Å²) in [5.74, 6) is -0.606. The second-order valence-electron chi connectivity index (χ2n) is 8.22. The van der Waals surface area contributed by atoms with Crippen LogP contribution in [0.5, 0.6) is 0 Å². The van der Waals surface area contributed by atoms with E-state index in [1.807, 2.05) is 38.1 Å². The van der Waals surface area contributed by atoms with Gasteiger partial charge in [0.2, 0.25) is 0 Å². The molecule has 4 amide bonds. The van der Waals surface area contributed by atoms with Gasteiger partial charge in [-0.1, -0.05) is 36.4 Å². The molecule has 9 nitrogen and oxygen atoms in total. The number of methoxy groups -OCH3 is 1. The third-order valence-electron chi connectivity index (χ3n) is 5.73. The van der Waals surface area contributed by atoms with E-state index in [1.54, 1.807) is 38.1 Å². The maximum Gasteiger partial charge on any atom is 0.347 e. The van der Waals surface area contributed by atoms with Crippen LogP contribution in [0, 0.1) is 13.8 Å². The number of nitrogens with zero attached hydrogens (tertiary/aromatic N) is 3. The Bertz CT molecular complexity index is 1040. The van der Waals surface area contributed by atoms with Gasteiger partial charge < -0.3 is 15.0 Å². The van der Waals surface area contributed by atoms with E-state index < -0.39 is 29.7 Å². The maximum absolute atomic E-state index is 13.4. The van der Waals surface area contributed by atoms with Gasteiger partial charge in [0.05, 0.1) is 18.3 Å². The van der Waals surface area contributed by atoms with Gasteiger partial charge in [0.15, 0.2) is 6.17 Å². The first-order valence-corrected chi connectivity index (χ1v) is 10.2. The largest absolute Gasteiger partial charge is 0.468 e. The number of anilines is 2. The Hall–Kier alpha value is -3.59. The van der Waals surface area contributed by atoms with E-state index in [0.717, 1.165) is 11.1 Å². The van der Waals surface area contributed by atoms with Crippen LogP contribution in [0.2, 0.25) is 0 Å². The van der Waals surface area contributed by atoms with Crippen molar-refractivity contribution in [2.75, 3.05) is 23.9 Å². The number of carbonyl (C=O) groups excluding carboxylic acids is 3. The van der Waals surface area contributed by atoms with E-state index >= 15 is 0 Å². The van der Waals surface area contributed by atoms with Crippen molar-refractivity contribution in [1.29, 1.82) is 0 Å². The first-order chi connectivity index (χ1) is 15.1. The number of carbonyl (C=O) groups is 3. The lowest BCUT2D eigenvalue weighted by molar-refractivity contribution is -0.143. The van der Waals surface area contributed by atoms with E-state index in [1.165, 1.54) is 16.9 Å². The minimum absolute atomic E-state index is 0.325. The molecule has 2 aromatic carbocycles. The number of esters is 1. The standard InChI is InChI=1S/C23H28N4O5/c1-15-10-6-8-12-17(15)24-21(29)27(31)20-23(3,4)25(14-19(28)32-5)22(30)26(20)18-13-9-7-11-16(18)2/h6-13,20,31H,14H2,1-5H3,(H,24,29)/t20-/m1/s1. The first-order valence-electron chi connectivity index (χ1n) is 10.2. The Morgan fingerprint density at radius 3 is 2.28 bits per heavy atom. The minimum atomic E-state index is -1.13. The van der Waals surface area contributed by atoms with Gasteiger partial charge in [-0.2, -0.15) is 5.06 Å². The number of hydroxylamine groups is 2. The zero-order valence-electron chi connectivity index (χ0n) is 18.8. The molecule has 1 fully saturated rings. The maximum atomic E-state index is 13.4. The van der Waals surface area contributed by atoms with Crippen LogP contribution >= 0.6 is 0 Å². The number of hydrogen-bond donors (Lipinski definition) is 2. The molecule has 9 heteroatoms. The highest BCUT2D eigenvalue weighted by molar-refractivity contribution is 6.00. The molecular weight excluding hydrogens is 412 g/mol. The van der Waals surface area contributed by atoms with Crippen molar-refractivity contribution in [1.82, 2.24) is 9.96 Å². The molecule has 0 spiro atoms. The molecule has 3 rings (SSSR count). The third-order valence-corrected chi connectivity index (χ3v) is 5.73. The molecule has 2 aromatic rings. The topological polar surface area (TPSA) is 102 Å². The summed E-state index contributed by atoms with van der Waals surface area (Å²) < 4.78 is 4.75. The van der Waals surface area contributed by atoms with Gasteiger partial charge in [0.25, 0.3) is 0 Å². The molecule has 0 unspecified atom stereocenters. The average Bonchev–Trinajstić information content (AvgIpc) is 2.95. The Labute approximate surface area is 187 Å².